The maximum atomic E-state index is 12.2. The van der Waals surface area contributed by atoms with E-state index in [4.69, 9.17) is 23.2 Å². The van der Waals surface area contributed by atoms with E-state index in [0.717, 1.165) is 6.42 Å². The van der Waals surface area contributed by atoms with Crippen molar-refractivity contribution in [3.63, 3.8) is 0 Å². The molecule has 1 heterocycles. The maximum Gasteiger partial charge on any atom is 0.321 e. The molecule has 110 valence electrons. The van der Waals surface area contributed by atoms with Crippen molar-refractivity contribution >= 4 is 34.9 Å². The van der Waals surface area contributed by atoms with Crippen molar-refractivity contribution in [3.05, 3.63) is 28.2 Å². The Balaban J connectivity index is 2.01. The van der Waals surface area contributed by atoms with Crippen LogP contribution in [0.2, 0.25) is 10.0 Å². The average molecular weight is 317 g/mol. The lowest BCUT2D eigenvalue weighted by Crippen LogP contribution is -2.36. The number of nitrogens with zero attached hydrogens (tertiary/aromatic N) is 1. The van der Waals surface area contributed by atoms with Crippen LogP contribution in [0, 0.1) is 0 Å². The van der Waals surface area contributed by atoms with Crippen LogP contribution in [0.15, 0.2) is 18.2 Å². The summed E-state index contributed by atoms with van der Waals surface area (Å²) in [6, 6.07) is 4.72. The summed E-state index contributed by atoms with van der Waals surface area (Å²) in [5.74, 6) is 0. The van der Waals surface area contributed by atoms with E-state index in [-0.39, 0.29) is 6.03 Å². The third-order valence-corrected chi connectivity index (χ3v) is 3.90. The Morgan fingerprint density at radius 1 is 1.25 bits per heavy atom. The van der Waals surface area contributed by atoms with Crippen LogP contribution in [0.1, 0.15) is 26.2 Å². The van der Waals surface area contributed by atoms with Crippen LogP contribution in [0.25, 0.3) is 0 Å². The Morgan fingerprint density at radius 3 is 2.55 bits per heavy atom. The van der Waals surface area contributed by atoms with Crippen LogP contribution < -0.4 is 5.32 Å². The van der Waals surface area contributed by atoms with Crippen molar-refractivity contribution in [2.24, 2.45) is 0 Å². The van der Waals surface area contributed by atoms with Crippen LogP contribution in [0.5, 0.6) is 0 Å². The van der Waals surface area contributed by atoms with Crippen molar-refractivity contribution in [2.75, 3.05) is 18.4 Å². The van der Waals surface area contributed by atoms with Crippen LogP contribution in [0.4, 0.5) is 10.5 Å². The lowest BCUT2D eigenvalue weighted by atomic mass is 9.98. The molecule has 1 aliphatic heterocycles. The fourth-order valence-electron chi connectivity index (χ4n) is 2.29. The highest BCUT2D eigenvalue weighted by Crippen LogP contribution is 2.24. The molecular formula is C14H18Cl2N2O2. The zero-order chi connectivity index (χ0) is 14.8. The largest absolute Gasteiger partial charge is 0.390 e. The topological polar surface area (TPSA) is 52.6 Å². The molecule has 1 atom stereocenters. The molecule has 1 unspecified atom stereocenters. The first kappa shape index (κ1) is 15.4. The predicted octanol–water partition coefficient (Wildman–Crippen LogP) is 3.76. The summed E-state index contributed by atoms with van der Waals surface area (Å²) in [5.41, 5.74) is -0.113. The number of likely N-dealkylation sites (tertiary alicyclic amines) is 1. The van der Waals surface area contributed by atoms with Gasteiger partial charge in [-0.1, -0.05) is 23.2 Å². The van der Waals surface area contributed by atoms with Crippen molar-refractivity contribution in [1.29, 1.82) is 0 Å². The minimum Gasteiger partial charge on any atom is -0.390 e. The van der Waals surface area contributed by atoms with Gasteiger partial charge >= 0.3 is 6.03 Å². The van der Waals surface area contributed by atoms with Gasteiger partial charge in [0.2, 0.25) is 0 Å². The fourth-order valence-corrected chi connectivity index (χ4v) is 2.82. The summed E-state index contributed by atoms with van der Waals surface area (Å²) < 4.78 is 0. The summed E-state index contributed by atoms with van der Waals surface area (Å²) in [6.07, 6.45) is 2.08. The number of carbonyl (C=O) groups excluding carboxylic acids is 1. The standard InChI is InChI=1S/C14H18Cl2N2O2/c1-14(20)3-2-5-18(6-4-14)13(19)17-12-8-10(15)7-11(16)9-12/h7-9,20H,2-6H2,1H3,(H,17,19). The van der Waals surface area contributed by atoms with E-state index in [0.29, 0.717) is 41.7 Å². The van der Waals surface area contributed by atoms with Crippen LogP contribution in [-0.4, -0.2) is 34.7 Å². The van der Waals surface area contributed by atoms with Crippen LogP contribution in [0.3, 0.4) is 0 Å². The van der Waals surface area contributed by atoms with Crippen molar-refractivity contribution < 1.29 is 9.90 Å². The molecule has 2 rings (SSSR count). The van der Waals surface area contributed by atoms with E-state index < -0.39 is 5.60 Å². The van der Waals surface area contributed by atoms with Crippen LogP contribution >= 0.6 is 23.2 Å². The smallest absolute Gasteiger partial charge is 0.321 e. The van der Waals surface area contributed by atoms with E-state index in [1.165, 1.54) is 0 Å². The SMILES string of the molecule is CC1(O)CCCN(C(=O)Nc2cc(Cl)cc(Cl)c2)CC1. The van der Waals surface area contributed by atoms with E-state index in [9.17, 15) is 9.90 Å². The Labute approximate surface area is 128 Å². The van der Waals surface area contributed by atoms with Gasteiger partial charge in [0, 0.05) is 28.8 Å². The number of urea groups is 1. The number of anilines is 1. The summed E-state index contributed by atoms with van der Waals surface area (Å²) in [4.78, 5) is 13.9. The van der Waals surface area contributed by atoms with Crippen LogP contribution in [-0.2, 0) is 0 Å². The highest BCUT2D eigenvalue weighted by atomic mass is 35.5. The molecule has 0 bridgehead atoms. The number of hydrogen-bond acceptors (Lipinski definition) is 2. The second-order valence-electron chi connectivity index (χ2n) is 5.43. The Bertz CT molecular complexity index is 486. The number of carbonyl (C=O) groups is 1. The lowest BCUT2D eigenvalue weighted by Gasteiger charge is -2.23. The molecule has 0 radical (unpaired) electrons. The molecule has 2 amide bonds. The van der Waals surface area contributed by atoms with E-state index in [2.05, 4.69) is 5.32 Å². The van der Waals surface area contributed by atoms with Gasteiger partial charge in [0.05, 0.1) is 5.60 Å². The number of benzene rings is 1. The second kappa shape index (κ2) is 6.20. The molecule has 0 spiro atoms. The Morgan fingerprint density at radius 2 is 1.90 bits per heavy atom. The van der Waals surface area contributed by atoms with Gasteiger partial charge < -0.3 is 15.3 Å². The molecule has 2 N–H and O–H groups in total. The highest BCUT2D eigenvalue weighted by molar-refractivity contribution is 6.35. The van der Waals surface area contributed by atoms with E-state index >= 15 is 0 Å². The van der Waals surface area contributed by atoms with Gasteiger partial charge in [-0.15, -0.1) is 0 Å². The first-order chi connectivity index (χ1) is 9.35. The zero-order valence-corrected chi connectivity index (χ0v) is 12.8. The normalized spacial score (nSPS) is 23.3. The molecule has 1 fully saturated rings. The number of halogens is 2. The number of aliphatic hydroxyl groups is 1. The van der Waals surface area contributed by atoms with Gasteiger partial charge in [-0.3, -0.25) is 0 Å². The quantitative estimate of drug-likeness (QED) is 0.828. The Hall–Kier alpha value is -0.970. The molecule has 0 saturated carbocycles. The number of hydrogen-bond donors (Lipinski definition) is 2. The summed E-state index contributed by atoms with van der Waals surface area (Å²) >= 11 is 11.8. The zero-order valence-electron chi connectivity index (χ0n) is 11.3. The molecule has 1 aromatic rings. The van der Waals surface area contributed by atoms with Gasteiger partial charge in [-0.25, -0.2) is 4.79 Å². The monoisotopic (exact) mass is 316 g/mol. The van der Waals surface area contributed by atoms with Crippen molar-refractivity contribution in [2.45, 2.75) is 31.8 Å². The number of amides is 2. The van der Waals surface area contributed by atoms with Crippen molar-refractivity contribution in [3.8, 4) is 0 Å². The fraction of sp³-hybridized carbons (Fsp3) is 0.500. The van der Waals surface area contributed by atoms with Crippen molar-refractivity contribution in [1.82, 2.24) is 4.90 Å². The highest BCUT2D eigenvalue weighted by Gasteiger charge is 2.27. The molecular weight excluding hydrogens is 299 g/mol. The number of nitrogens with one attached hydrogen (secondary N) is 1. The van der Waals surface area contributed by atoms with Gasteiger partial charge in [0.25, 0.3) is 0 Å². The molecule has 1 aromatic carbocycles. The molecule has 6 heteroatoms. The lowest BCUT2D eigenvalue weighted by molar-refractivity contribution is 0.0458. The molecule has 20 heavy (non-hydrogen) atoms. The molecule has 1 saturated heterocycles. The molecule has 0 aromatic heterocycles. The van der Waals surface area contributed by atoms with Gasteiger partial charge in [-0.05, 0) is 44.4 Å². The van der Waals surface area contributed by atoms with Gasteiger partial charge in [0.15, 0.2) is 0 Å². The number of rotatable bonds is 1. The first-order valence-corrected chi connectivity index (χ1v) is 7.36. The average Bonchev–Trinajstić information content (AvgIpc) is 2.48. The molecule has 0 aliphatic carbocycles. The van der Waals surface area contributed by atoms with Gasteiger partial charge in [-0.2, -0.15) is 0 Å². The minimum atomic E-state index is -0.686. The van der Waals surface area contributed by atoms with Gasteiger partial charge in [0.1, 0.15) is 0 Å². The van der Waals surface area contributed by atoms with E-state index in [1.807, 2.05) is 6.92 Å². The first-order valence-electron chi connectivity index (χ1n) is 6.60. The summed E-state index contributed by atoms with van der Waals surface area (Å²) in [6.45, 7) is 2.98. The predicted molar refractivity (Wildman–Crippen MR) is 81.5 cm³/mol. The van der Waals surface area contributed by atoms with E-state index in [1.54, 1.807) is 23.1 Å². The summed E-state index contributed by atoms with van der Waals surface area (Å²) in [5, 5.41) is 13.8. The third-order valence-electron chi connectivity index (χ3n) is 3.46. The molecule has 1 aliphatic rings. The molecule has 4 nitrogen and oxygen atoms in total. The second-order valence-corrected chi connectivity index (χ2v) is 6.30. The summed E-state index contributed by atoms with van der Waals surface area (Å²) in [7, 11) is 0. The third kappa shape index (κ3) is 4.27. The Kier molecular flexibility index (Phi) is 4.78. The maximum absolute atomic E-state index is 12.2. The minimum absolute atomic E-state index is 0.193.